The van der Waals surface area contributed by atoms with Gasteiger partial charge in [-0.05, 0) is 38.5 Å². The molecule has 6 heteroatoms. The molecule has 5 nitrogen and oxygen atoms in total. The van der Waals surface area contributed by atoms with Crippen LogP contribution in [0.5, 0.6) is 0 Å². The van der Waals surface area contributed by atoms with Crippen molar-refractivity contribution in [2.45, 2.75) is 51.9 Å². The Morgan fingerprint density at radius 3 is 3.14 bits per heavy atom. The summed E-state index contributed by atoms with van der Waals surface area (Å²) in [7, 11) is 0. The van der Waals surface area contributed by atoms with Crippen LogP contribution < -0.4 is 10.9 Å². The number of aromatic nitrogens is 3. The molecule has 2 aromatic heterocycles. The third-order valence-corrected chi connectivity index (χ3v) is 4.88. The summed E-state index contributed by atoms with van der Waals surface area (Å²) < 4.78 is 1.39. The van der Waals surface area contributed by atoms with Crippen LogP contribution in [-0.2, 0) is 6.42 Å². The van der Waals surface area contributed by atoms with E-state index in [1.54, 1.807) is 11.6 Å². The molecule has 1 N–H and O–H groups in total. The molecular weight excluding hydrogens is 296 g/mol. The molecule has 0 saturated carbocycles. The highest BCUT2D eigenvalue weighted by atomic mass is 32.1. The van der Waals surface area contributed by atoms with Gasteiger partial charge in [0.15, 0.2) is 0 Å². The average molecular weight is 318 g/mol. The van der Waals surface area contributed by atoms with Gasteiger partial charge in [0.05, 0.1) is 0 Å². The molecule has 2 aromatic rings. The molecule has 118 valence electrons. The van der Waals surface area contributed by atoms with Crippen molar-refractivity contribution in [3.8, 4) is 0 Å². The van der Waals surface area contributed by atoms with Crippen molar-refractivity contribution in [3.05, 3.63) is 33.8 Å². The van der Waals surface area contributed by atoms with E-state index in [1.165, 1.54) is 48.0 Å². The van der Waals surface area contributed by atoms with Crippen molar-refractivity contribution in [1.29, 1.82) is 0 Å². The standard InChI is InChI=1S/C16H22N4OS/c1-2-13-11-14(21)20-16(18-13)22-15(19-20)17-10-9-12-7-5-3-4-6-8-12/h7,11H,2-6,8-10H2,1H3,(H,17,19). The molecule has 0 saturated heterocycles. The molecule has 0 unspecified atom stereocenters. The lowest BCUT2D eigenvalue weighted by Crippen LogP contribution is -2.15. The van der Waals surface area contributed by atoms with Gasteiger partial charge in [-0.2, -0.15) is 4.52 Å². The quantitative estimate of drug-likeness (QED) is 0.858. The minimum atomic E-state index is -0.0994. The Kier molecular flexibility index (Phi) is 4.87. The third kappa shape index (κ3) is 3.55. The molecule has 0 spiro atoms. The van der Waals surface area contributed by atoms with Gasteiger partial charge in [-0.25, -0.2) is 4.98 Å². The molecule has 0 amide bonds. The summed E-state index contributed by atoms with van der Waals surface area (Å²) in [6.45, 7) is 2.86. The third-order valence-electron chi connectivity index (χ3n) is 4.02. The zero-order valence-corrected chi connectivity index (χ0v) is 13.8. The minimum Gasteiger partial charge on any atom is -0.360 e. The van der Waals surface area contributed by atoms with E-state index in [1.807, 2.05) is 6.92 Å². The van der Waals surface area contributed by atoms with Gasteiger partial charge in [-0.3, -0.25) is 4.79 Å². The van der Waals surface area contributed by atoms with Crippen LogP contribution in [0, 0.1) is 0 Å². The molecule has 0 bridgehead atoms. The number of hydrogen-bond donors (Lipinski definition) is 1. The summed E-state index contributed by atoms with van der Waals surface area (Å²) in [5.41, 5.74) is 2.27. The van der Waals surface area contributed by atoms with Crippen LogP contribution >= 0.6 is 11.3 Å². The van der Waals surface area contributed by atoms with Crippen molar-refractivity contribution in [2.75, 3.05) is 11.9 Å². The van der Waals surface area contributed by atoms with Crippen LogP contribution in [0.15, 0.2) is 22.5 Å². The maximum atomic E-state index is 12.0. The molecular formula is C16H22N4OS. The number of hydrogen-bond acceptors (Lipinski definition) is 5. The predicted molar refractivity (Wildman–Crippen MR) is 90.8 cm³/mol. The van der Waals surface area contributed by atoms with E-state index in [0.29, 0.717) is 4.96 Å². The number of nitrogens with one attached hydrogen (secondary N) is 1. The molecule has 0 aromatic carbocycles. The summed E-state index contributed by atoms with van der Waals surface area (Å²) in [4.78, 5) is 17.1. The van der Waals surface area contributed by atoms with Crippen LogP contribution in [0.3, 0.4) is 0 Å². The maximum absolute atomic E-state index is 12.0. The summed E-state index contributed by atoms with van der Waals surface area (Å²) in [5, 5.41) is 8.42. The second kappa shape index (κ2) is 7.05. The summed E-state index contributed by atoms with van der Waals surface area (Å²) >= 11 is 1.44. The molecule has 22 heavy (non-hydrogen) atoms. The van der Waals surface area contributed by atoms with Gasteiger partial charge in [0, 0.05) is 18.3 Å². The summed E-state index contributed by atoms with van der Waals surface area (Å²) in [6.07, 6.45) is 10.6. The first-order valence-electron chi connectivity index (χ1n) is 8.08. The van der Waals surface area contributed by atoms with E-state index < -0.39 is 0 Å². The number of rotatable bonds is 5. The van der Waals surface area contributed by atoms with Gasteiger partial charge < -0.3 is 5.32 Å². The van der Waals surface area contributed by atoms with Crippen molar-refractivity contribution >= 4 is 21.4 Å². The van der Waals surface area contributed by atoms with Crippen molar-refractivity contribution in [3.63, 3.8) is 0 Å². The fourth-order valence-corrected chi connectivity index (χ4v) is 3.60. The highest BCUT2D eigenvalue weighted by Gasteiger charge is 2.08. The van der Waals surface area contributed by atoms with E-state index in [-0.39, 0.29) is 5.56 Å². The van der Waals surface area contributed by atoms with Crippen LogP contribution in [-0.4, -0.2) is 21.1 Å². The van der Waals surface area contributed by atoms with E-state index in [4.69, 9.17) is 0 Å². The first-order valence-corrected chi connectivity index (χ1v) is 8.89. The van der Waals surface area contributed by atoms with Gasteiger partial charge in [0.1, 0.15) is 0 Å². The second-order valence-electron chi connectivity index (χ2n) is 5.68. The Balaban J connectivity index is 1.65. The predicted octanol–water partition coefficient (Wildman–Crippen LogP) is 3.41. The molecule has 0 fully saturated rings. The normalized spacial score (nSPS) is 15.6. The van der Waals surface area contributed by atoms with Gasteiger partial charge in [-0.1, -0.05) is 36.3 Å². The van der Waals surface area contributed by atoms with Crippen molar-refractivity contribution in [2.24, 2.45) is 0 Å². The van der Waals surface area contributed by atoms with E-state index in [2.05, 4.69) is 21.5 Å². The zero-order valence-electron chi connectivity index (χ0n) is 13.0. The fraction of sp³-hybridized carbons (Fsp3) is 0.562. The Bertz CT molecular complexity index is 731. The van der Waals surface area contributed by atoms with Crippen molar-refractivity contribution in [1.82, 2.24) is 14.6 Å². The smallest absolute Gasteiger partial charge is 0.275 e. The average Bonchev–Trinajstić information content (AvgIpc) is 2.75. The Morgan fingerprint density at radius 2 is 2.27 bits per heavy atom. The maximum Gasteiger partial charge on any atom is 0.275 e. The molecule has 2 heterocycles. The van der Waals surface area contributed by atoms with E-state index >= 15 is 0 Å². The van der Waals surface area contributed by atoms with Crippen LogP contribution in [0.2, 0.25) is 0 Å². The lowest BCUT2D eigenvalue weighted by atomic mass is 10.1. The van der Waals surface area contributed by atoms with Gasteiger partial charge in [0.2, 0.25) is 10.1 Å². The molecule has 0 atom stereocenters. The Labute approximate surface area is 134 Å². The fourth-order valence-electron chi connectivity index (χ4n) is 2.75. The minimum absolute atomic E-state index is 0.0994. The summed E-state index contributed by atoms with van der Waals surface area (Å²) in [6, 6.07) is 1.56. The van der Waals surface area contributed by atoms with E-state index in [0.717, 1.165) is 30.2 Å². The highest BCUT2D eigenvalue weighted by Crippen LogP contribution is 2.21. The van der Waals surface area contributed by atoms with Crippen molar-refractivity contribution < 1.29 is 0 Å². The number of anilines is 1. The van der Waals surface area contributed by atoms with Gasteiger partial charge in [-0.15, -0.1) is 5.10 Å². The number of aryl methyl sites for hydroxylation is 1. The lowest BCUT2D eigenvalue weighted by Gasteiger charge is -2.05. The van der Waals surface area contributed by atoms with Gasteiger partial charge >= 0.3 is 0 Å². The SMILES string of the molecule is CCc1cc(=O)n2nc(NCCC3=CCCCCC3)sc2n1. The van der Waals surface area contributed by atoms with Crippen LogP contribution in [0.25, 0.3) is 4.96 Å². The number of fused-ring (bicyclic) bond motifs is 1. The zero-order chi connectivity index (χ0) is 15.4. The van der Waals surface area contributed by atoms with E-state index in [9.17, 15) is 4.79 Å². The molecule has 3 rings (SSSR count). The first kappa shape index (κ1) is 15.2. The molecule has 0 radical (unpaired) electrons. The number of allylic oxidation sites excluding steroid dienone is 1. The largest absolute Gasteiger partial charge is 0.360 e. The Morgan fingerprint density at radius 1 is 1.36 bits per heavy atom. The first-order chi connectivity index (χ1) is 10.8. The topological polar surface area (TPSA) is 59.3 Å². The molecule has 1 aliphatic rings. The number of nitrogens with zero attached hydrogens (tertiary/aromatic N) is 3. The Hall–Kier alpha value is -1.69. The van der Waals surface area contributed by atoms with Crippen LogP contribution in [0.4, 0.5) is 5.13 Å². The molecule has 1 aliphatic carbocycles. The second-order valence-corrected chi connectivity index (χ2v) is 6.64. The monoisotopic (exact) mass is 318 g/mol. The van der Waals surface area contributed by atoms with Crippen LogP contribution in [0.1, 0.15) is 51.1 Å². The lowest BCUT2D eigenvalue weighted by molar-refractivity contribution is 0.703. The highest BCUT2D eigenvalue weighted by molar-refractivity contribution is 7.20. The van der Waals surface area contributed by atoms with Gasteiger partial charge in [0.25, 0.3) is 5.56 Å². The summed E-state index contributed by atoms with van der Waals surface area (Å²) in [5.74, 6) is 0. The molecule has 0 aliphatic heterocycles.